The highest BCUT2D eigenvalue weighted by Gasteiger charge is 2.16. The third-order valence-corrected chi connectivity index (χ3v) is 2.72. The van der Waals surface area contributed by atoms with Crippen molar-refractivity contribution in [2.75, 3.05) is 24.9 Å². The van der Waals surface area contributed by atoms with E-state index in [9.17, 15) is 4.79 Å². The first-order chi connectivity index (χ1) is 7.51. The molecule has 1 rings (SSSR count). The van der Waals surface area contributed by atoms with E-state index < -0.39 is 0 Å². The minimum absolute atomic E-state index is 0.0782. The number of aryl methyl sites for hydroxylation is 1. The number of amides is 1. The SMILES string of the molecule is COc1c(C)cc(Cl)cc1N(C)C(=O)CCl. The normalized spacial score (nSPS) is 10.1. The van der Waals surface area contributed by atoms with Gasteiger partial charge in [-0.25, -0.2) is 0 Å². The van der Waals surface area contributed by atoms with Gasteiger partial charge in [0.1, 0.15) is 11.6 Å². The summed E-state index contributed by atoms with van der Waals surface area (Å²) in [7, 11) is 3.19. The van der Waals surface area contributed by atoms with E-state index in [0.29, 0.717) is 16.5 Å². The number of carbonyl (C=O) groups is 1. The predicted molar refractivity (Wildman–Crippen MR) is 66.9 cm³/mol. The quantitative estimate of drug-likeness (QED) is 0.784. The first-order valence-electron chi connectivity index (χ1n) is 4.68. The van der Waals surface area contributed by atoms with Crippen LogP contribution in [0.1, 0.15) is 5.56 Å². The number of rotatable bonds is 3. The summed E-state index contributed by atoms with van der Waals surface area (Å²) in [5.41, 5.74) is 1.50. The molecule has 0 radical (unpaired) electrons. The van der Waals surface area contributed by atoms with Gasteiger partial charge in [0.2, 0.25) is 5.91 Å². The molecule has 88 valence electrons. The van der Waals surface area contributed by atoms with Gasteiger partial charge in [-0.05, 0) is 24.6 Å². The molecule has 0 atom stereocenters. The number of methoxy groups -OCH3 is 1. The first-order valence-corrected chi connectivity index (χ1v) is 5.59. The predicted octanol–water partition coefficient (Wildman–Crippen LogP) is 2.86. The lowest BCUT2D eigenvalue weighted by Gasteiger charge is -2.20. The van der Waals surface area contributed by atoms with Crippen molar-refractivity contribution < 1.29 is 9.53 Å². The van der Waals surface area contributed by atoms with Crippen LogP contribution in [0.4, 0.5) is 5.69 Å². The van der Waals surface area contributed by atoms with Crippen LogP contribution in [-0.4, -0.2) is 25.9 Å². The Kier molecular flexibility index (Phi) is 4.44. The van der Waals surface area contributed by atoms with Crippen LogP contribution in [0.2, 0.25) is 5.02 Å². The molecule has 1 amide bonds. The van der Waals surface area contributed by atoms with Gasteiger partial charge in [0.05, 0.1) is 12.8 Å². The second-order valence-corrected chi connectivity index (χ2v) is 4.07. The number of halogens is 2. The summed E-state index contributed by atoms with van der Waals surface area (Å²) < 4.78 is 5.25. The molecule has 0 heterocycles. The molecule has 0 fully saturated rings. The van der Waals surface area contributed by atoms with Crippen LogP contribution in [0.25, 0.3) is 0 Å². The molecule has 0 N–H and O–H groups in total. The molecule has 0 aliphatic heterocycles. The van der Waals surface area contributed by atoms with Gasteiger partial charge in [-0.15, -0.1) is 11.6 Å². The number of anilines is 1. The van der Waals surface area contributed by atoms with Crippen LogP contribution >= 0.6 is 23.2 Å². The summed E-state index contributed by atoms with van der Waals surface area (Å²) in [6.45, 7) is 1.87. The van der Waals surface area contributed by atoms with Crippen molar-refractivity contribution in [3.63, 3.8) is 0 Å². The van der Waals surface area contributed by atoms with Crippen LogP contribution in [0.5, 0.6) is 5.75 Å². The Bertz CT molecular complexity index is 407. The number of ether oxygens (including phenoxy) is 1. The fourth-order valence-corrected chi connectivity index (χ4v) is 1.90. The fourth-order valence-electron chi connectivity index (χ4n) is 1.45. The Balaban J connectivity index is 3.25. The van der Waals surface area contributed by atoms with E-state index in [1.165, 1.54) is 4.90 Å². The van der Waals surface area contributed by atoms with Gasteiger partial charge in [-0.3, -0.25) is 4.79 Å². The molecule has 0 saturated carbocycles. The summed E-state index contributed by atoms with van der Waals surface area (Å²) in [4.78, 5) is 12.9. The highest BCUT2D eigenvalue weighted by molar-refractivity contribution is 6.31. The van der Waals surface area contributed by atoms with E-state index in [1.54, 1.807) is 26.3 Å². The Morgan fingerprint density at radius 3 is 2.62 bits per heavy atom. The van der Waals surface area contributed by atoms with Crippen molar-refractivity contribution in [1.82, 2.24) is 0 Å². The average Bonchev–Trinajstić information content (AvgIpc) is 2.26. The summed E-state index contributed by atoms with van der Waals surface area (Å²) in [6, 6.07) is 3.46. The van der Waals surface area contributed by atoms with E-state index in [2.05, 4.69) is 0 Å². The highest BCUT2D eigenvalue weighted by Crippen LogP contribution is 2.34. The van der Waals surface area contributed by atoms with Gasteiger partial charge in [0.15, 0.2) is 0 Å². The maximum atomic E-state index is 11.5. The number of benzene rings is 1. The van der Waals surface area contributed by atoms with Gasteiger partial charge >= 0.3 is 0 Å². The number of hydrogen-bond donors (Lipinski definition) is 0. The van der Waals surface area contributed by atoms with Gasteiger partial charge in [0.25, 0.3) is 0 Å². The van der Waals surface area contributed by atoms with E-state index in [4.69, 9.17) is 27.9 Å². The zero-order valence-corrected chi connectivity index (χ0v) is 10.9. The maximum absolute atomic E-state index is 11.5. The molecule has 0 saturated heterocycles. The van der Waals surface area contributed by atoms with Crippen molar-refractivity contribution in [2.24, 2.45) is 0 Å². The van der Waals surface area contributed by atoms with E-state index in [-0.39, 0.29) is 11.8 Å². The molecule has 0 aliphatic carbocycles. The third-order valence-electron chi connectivity index (χ3n) is 2.27. The fraction of sp³-hybridized carbons (Fsp3) is 0.364. The summed E-state index contributed by atoms with van der Waals surface area (Å²) in [5.74, 6) is 0.345. The van der Waals surface area contributed by atoms with Crippen molar-refractivity contribution in [2.45, 2.75) is 6.92 Å². The summed E-state index contributed by atoms with van der Waals surface area (Å²) >= 11 is 11.5. The Labute approximate surface area is 105 Å². The first kappa shape index (κ1) is 13.1. The smallest absolute Gasteiger partial charge is 0.241 e. The van der Waals surface area contributed by atoms with Crippen molar-refractivity contribution in [3.05, 3.63) is 22.7 Å². The average molecular weight is 262 g/mol. The molecule has 0 bridgehead atoms. The summed E-state index contributed by atoms with van der Waals surface area (Å²) in [5, 5.41) is 0.558. The molecule has 0 spiro atoms. The van der Waals surface area contributed by atoms with Gasteiger partial charge in [-0.2, -0.15) is 0 Å². The molecular formula is C11H13Cl2NO2. The molecule has 16 heavy (non-hydrogen) atoms. The van der Waals surface area contributed by atoms with E-state index in [0.717, 1.165) is 5.56 Å². The van der Waals surface area contributed by atoms with Crippen LogP contribution < -0.4 is 9.64 Å². The number of carbonyl (C=O) groups excluding carboxylic acids is 1. The van der Waals surface area contributed by atoms with E-state index in [1.807, 2.05) is 6.92 Å². The second-order valence-electron chi connectivity index (χ2n) is 3.36. The highest BCUT2D eigenvalue weighted by atomic mass is 35.5. The molecule has 0 aromatic heterocycles. The van der Waals surface area contributed by atoms with Crippen molar-refractivity contribution in [3.8, 4) is 5.75 Å². The molecular weight excluding hydrogens is 249 g/mol. The molecule has 3 nitrogen and oxygen atoms in total. The van der Waals surface area contributed by atoms with Crippen LogP contribution in [0, 0.1) is 6.92 Å². The Morgan fingerprint density at radius 2 is 2.12 bits per heavy atom. The van der Waals surface area contributed by atoms with Gasteiger partial charge in [-0.1, -0.05) is 11.6 Å². The largest absolute Gasteiger partial charge is 0.494 e. The van der Waals surface area contributed by atoms with Gasteiger partial charge in [0, 0.05) is 12.1 Å². The Hall–Kier alpha value is -0.930. The van der Waals surface area contributed by atoms with Gasteiger partial charge < -0.3 is 9.64 Å². The summed E-state index contributed by atoms with van der Waals surface area (Å²) in [6.07, 6.45) is 0. The lowest BCUT2D eigenvalue weighted by Crippen LogP contribution is -2.27. The second kappa shape index (κ2) is 5.41. The number of alkyl halides is 1. The molecule has 0 unspecified atom stereocenters. The van der Waals surface area contributed by atoms with Crippen molar-refractivity contribution in [1.29, 1.82) is 0 Å². The monoisotopic (exact) mass is 261 g/mol. The molecule has 0 aliphatic rings. The molecule has 1 aromatic carbocycles. The zero-order valence-electron chi connectivity index (χ0n) is 9.38. The minimum Gasteiger partial charge on any atom is -0.494 e. The van der Waals surface area contributed by atoms with Crippen LogP contribution in [0.3, 0.4) is 0 Å². The molecule has 1 aromatic rings. The van der Waals surface area contributed by atoms with Crippen molar-refractivity contribution >= 4 is 34.8 Å². The number of nitrogens with zero attached hydrogens (tertiary/aromatic N) is 1. The molecule has 5 heteroatoms. The van der Waals surface area contributed by atoms with Crippen LogP contribution in [0.15, 0.2) is 12.1 Å². The topological polar surface area (TPSA) is 29.5 Å². The van der Waals surface area contributed by atoms with Crippen LogP contribution in [-0.2, 0) is 4.79 Å². The number of hydrogen-bond acceptors (Lipinski definition) is 2. The lowest BCUT2D eigenvalue weighted by atomic mass is 10.2. The zero-order chi connectivity index (χ0) is 12.3. The lowest BCUT2D eigenvalue weighted by molar-refractivity contribution is -0.116. The van der Waals surface area contributed by atoms with E-state index >= 15 is 0 Å². The third kappa shape index (κ3) is 2.60. The Morgan fingerprint density at radius 1 is 1.50 bits per heavy atom. The standard InChI is InChI=1S/C11H13Cl2NO2/c1-7-4-8(13)5-9(11(7)16-3)14(2)10(15)6-12/h4-5H,6H2,1-3H3. The minimum atomic E-state index is -0.207. The maximum Gasteiger partial charge on any atom is 0.241 e.